The predicted molar refractivity (Wildman–Crippen MR) is 109 cm³/mol. The van der Waals surface area contributed by atoms with Gasteiger partial charge in [0.05, 0.1) is 5.92 Å². The van der Waals surface area contributed by atoms with E-state index in [-0.39, 0.29) is 24.8 Å². The molecule has 2 aromatic carbocycles. The molecule has 0 spiro atoms. The summed E-state index contributed by atoms with van der Waals surface area (Å²) in [4.78, 5) is 38.9. The molecule has 1 fully saturated rings. The summed E-state index contributed by atoms with van der Waals surface area (Å²) in [5.41, 5.74) is 1.07. The number of piperidine rings is 1. The predicted octanol–water partition coefficient (Wildman–Crippen LogP) is 3.07. The molecule has 0 bridgehead atoms. The third-order valence-electron chi connectivity index (χ3n) is 5.18. The van der Waals surface area contributed by atoms with Crippen LogP contribution in [0.2, 0.25) is 0 Å². The van der Waals surface area contributed by atoms with Crippen LogP contribution in [-0.2, 0) is 20.9 Å². The number of carbonyl (C=O) groups excluding carboxylic acids is 3. The van der Waals surface area contributed by atoms with Crippen LogP contribution in [0.1, 0.15) is 35.7 Å². The number of carbonyl (C=O) groups is 3. The van der Waals surface area contributed by atoms with Gasteiger partial charge in [-0.15, -0.1) is 0 Å². The Morgan fingerprint density at radius 2 is 1.68 bits per heavy atom. The first-order valence-electron chi connectivity index (χ1n) is 10.1. The number of esters is 1. The van der Waals surface area contributed by atoms with Crippen molar-refractivity contribution in [2.75, 3.05) is 13.1 Å². The van der Waals surface area contributed by atoms with Gasteiger partial charge in [0.1, 0.15) is 11.6 Å². The second-order valence-electron chi connectivity index (χ2n) is 7.52. The van der Waals surface area contributed by atoms with Gasteiger partial charge in [0, 0.05) is 25.2 Å². The van der Waals surface area contributed by atoms with Gasteiger partial charge >= 0.3 is 5.97 Å². The van der Waals surface area contributed by atoms with Gasteiger partial charge in [-0.2, -0.15) is 0 Å². The molecular weight excluding hydrogens is 406 g/mol. The van der Waals surface area contributed by atoms with Crippen molar-refractivity contribution < 1.29 is 27.9 Å². The minimum Gasteiger partial charge on any atom is -0.452 e. The zero-order valence-corrected chi connectivity index (χ0v) is 17.1. The lowest BCUT2D eigenvalue weighted by Crippen LogP contribution is -2.44. The minimum absolute atomic E-state index is 0.180. The standard InChI is InChI=1S/C23H24F2N2O4/c1-15(21(28)26-13-16-4-8-19(24)9-5-16)31-23(30)18-3-2-12-27(14-18)22(29)17-6-10-20(25)11-7-17/h4-11,15,18H,2-3,12-14H2,1H3,(H,26,28). The first-order valence-corrected chi connectivity index (χ1v) is 10.1. The van der Waals surface area contributed by atoms with Gasteiger partial charge in [-0.05, 0) is 61.7 Å². The van der Waals surface area contributed by atoms with Gasteiger partial charge in [0.15, 0.2) is 6.10 Å². The van der Waals surface area contributed by atoms with Crippen LogP contribution in [0, 0.1) is 17.6 Å². The van der Waals surface area contributed by atoms with Crippen molar-refractivity contribution in [1.82, 2.24) is 10.2 Å². The highest BCUT2D eigenvalue weighted by molar-refractivity contribution is 5.94. The average molecular weight is 430 g/mol. The van der Waals surface area contributed by atoms with E-state index in [9.17, 15) is 23.2 Å². The molecular formula is C23H24F2N2O4. The lowest BCUT2D eigenvalue weighted by Gasteiger charge is -2.32. The topological polar surface area (TPSA) is 75.7 Å². The summed E-state index contributed by atoms with van der Waals surface area (Å²) in [6.07, 6.45) is 0.171. The van der Waals surface area contributed by atoms with E-state index in [1.165, 1.54) is 43.3 Å². The van der Waals surface area contributed by atoms with E-state index in [4.69, 9.17) is 4.74 Å². The first-order chi connectivity index (χ1) is 14.8. The highest BCUT2D eigenvalue weighted by atomic mass is 19.1. The zero-order chi connectivity index (χ0) is 22.4. The number of hydrogen-bond donors (Lipinski definition) is 1. The summed E-state index contributed by atoms with van der Waals surface area (Å²) in [7, 11) is 0. The molecule has 8 heteroatoms. The maximum absolute atomic E-state index is 13.1. The summed E-state index contributed by atoms with van der Waals surface area (Å²) >= 11 is 0. The van der Waals surface area contributed by atoms with Crippen LogP contribution in [-0.4, -0.2) is 41.9 Å². The maximum atomic E-state index is 13.1. The van der Waals surface area contributed by atoms with Crippen molar-refractivity contribution in [3.63, 3.8) is 0 Å². The number of hydrogen-bond acceptors (Lipinski definition) is 4. The molecule has 0 radical (unpaired) electrons. The summed E-state index contributed by atoms with van der Waals surface area (Å²) in [6, 6.07) is 11.0. The number of likely N-dealkylation sites (tertiary alicyclic amines) is 1. The zero-order valence-electron chi connectivity index (χ0n) is 17.1. The quantitative estimate of drug-likeness (QED) is 0.715. The van der Waals surface area contributed by atoms with E-state index in [1.807, 2.05) is 0 Å². The van der Waals surface area contributed by atoms with Gasteiger partial charge in [0.2, 0.25) is 0 Å². The van der Waals surface area contributed by atoms with Crippen molar-refractivity contribution in [1.29, 1.82) is 0 Å². The van der Waals surface area contributed by atoms with Crippen LogP contribution in [0.4, 0.5) is 8.78 Å². The number of nitrogens with zero attached hydrogens (tertiary/aromatic N) is 1. The first kappa shape index (κ1) is 22.4. The molecule has 2 amide bonds. The Hall–Kier alpha value is -3.29. The molecule has 2 atom stereocenters. The van der Waals surface area contributed by atoms with E-state index >= 15 is 0 Å². The smallest absolute Gasteiger partial charge is 0.311 e. The summed E-state index contributed by atoms with van der Waals surface area (Å²) < 4.78 is 31.3. The Labute approximate surface area is 179 Å². The number of halogens is 2. The monoisotopic (exact) mass is 430 g/mol. The molecule has 31 heavy (non-hydrogen) atoms. The Morgan fingerprint density at radius 3 is 2.32 bits per heavy atom. The van der Waals surface area contributed by atoms with Crippen LogP contribution in [0.25, 0.3) is 0 Å². The van der Waals surface area contributed by atoms with Gasteiger partial charge in [-0.1, -0.05) is 12.1 Å². The van der Waals surface area contributed by atoms with Gasteiger partial charge in [-0.25, -0.2) is 8.78 Å². The Balaban J connectivity index is 1.50. The summed E-state index contributed by atoms with van der Waals surface area (Å²) in [5, 5.41) is 2.65. The fourth-order valence-electron chi connectivity index (χ4n) is 3.39. The molecule has 0 aromatic heterocycles. The van der Waals surface area contributed by atoms with Crippen LogP contribution >= 0.6 is 0 Å². The van der Waals surface area contributed by atoms with Gasteiger partial charge in [0.25, 0.3) is 11.8 Å². The van der Waals surface area contributed by atoms with Gasteiger partial charge in [-0.3, -0.25) is 14.4 Å². The van der Waals surface area contributed by atoms with E-state index in [0.29, 0.717) is 24.9 Å². The van der Waals surface area contributed by atoms with Crippen LogP contribution < -0.4 is 5.32 Å². The number of benzene rings is 2. The maximum Gasteiger partial charge on any atom is 0.311 e. The van der Waals surface area contributed by atoms with Crippen LogP contribution in [0.5, 0.6) is 0 Å². The van der Waals surface area contributed by atoms with E-state index in [2.05, 4.69) is 5.32 Å². The number of amides is 2. The largest absolute Gasteiger partial charge is 0.452 e. The van der Waals surface area contributed by atoms with Crippen LogP contribution in [0.15, 0.2) is 48.5 Å². The average Bonchev–Trinajstić information content (AvgIpc) is 2.78. The fourth-order valence-corrected chi connectivity index (χ4v) is 3.39. The molecule has 1 saturated heterocycles. The fraction of sp³-hybridized carbons (Fsp3) is 0.348. The molecule has 164 valence electrons. The molecule has 1 aliphatic rings. The van der Waals surface area contributed by atoms with Gasteiger partial charge < -0.3 is 15.0 Å². The highest BCUT2D eigenvalue weighted by Crippen LogP contribution is 2.21. The Bertz CT molecular complexity index is 932. The van der Waals surface area contributed by atoms with Crippen molar-refractivity contribution in [2.45, 2.75) is 32.4 Å². The molecule has 6 nitrogen and oxygen atoms in total. The SMILES string of the molecule is CC(OC(=O)C1CCCN(C(=O)c2ccc(F)cc2)C1)C(=O)NCc1ccc(F)cc1. The van der Waals surface area contributed by atoms with Crippen molar-refractivity contribution in [2.24, 2.45) is 5.92 Å². The van der Waals surface area contributed by atoms with Crippen molar-refractivity contribution in [3.05, 3.63) is 71.3 Å². The molecule has 1 heterocycles. The number of ether oxygens (including phenoxy) is 1. The molecule has 0 aliphatic carbocycles. The normalized spacial score (nSPS) is 17.0. The van der Waals surface area contributed by atoms with E-state index in [0.717, 1.165) is 5.56 Å². The molecule has 2 unspecified atom stereocenters. The van der Waals surface area contributed by atoms with E-state index < -0.39 is 29.7 Å². The molecule has 0 saturated carbocycles. The molecule has 2 aromatic rings. The molecule has 3 rings (SSSR count). The summed E-state index contributed by atoms with van der Waals surface area (Å²) in [6.45, 7) is 2.33. The second kappa shape index (κ2) is 10.1. The minimum atomic E-state index is -1.00. The lowest BCUT2D eigenvalue weighted by atomic mass is 9.97. The Kier molecular flexibility index (Phi) is 7.33. The number of rotatable bonds is 6. The Morgan fingerprint density at radius 1 is 1.06 bits per heavy atom. The third-order valence-corrected chi connectivity index (χ3v) is 5.18. The molecule has 1 N–H and O–H groups in total. The van der Waals surface area contributed by atoms with Crippen molar-refractivity contribution in [3.8, 4) is 0 Å². The highest BCUT2D eigenvalue weighted by Gasteiger charge is 2.31. The number of nitrogens with one attached hydrogen (secondary N) is 1. The molecule has 1 aliphatic heterocycles. The van der Waals surface area contributed by atoms with E-state index in [1.54, 1.807) is 17.0 Å². The lowest BCUT2D eigenvalue weighted by molar-refractivity contribution is -0.160. The third kappa shape index (κ3) is 6.10. The second-order valence-corrected chi connectivity index (χ2v) is 7.52. The van der Waals surface area contributed by atoms with Crippen LogP contribution in [0.3, 0.4) is 0 Å². The summed E-state index contributed by atoms with van der Waals surface area (Å²) in [5.74, 6) is -2.61. The van der Waals surface area contributed by atoms with Crippen molar-refractivity contribution >= 4 is 17.8 Å².